The number of hydrogen-bond donors (Lipinski definition) is 2. The molecule has 2 amide bonds. The van der Waals surface area contributed by atoms with Crippen LogP contribution in [0.1, 0.15) is 40.6 Å². The van der Waals surface area contributed by atoms with Gasteiger partial charge in [0.15, 0.2) is 0 Å². The van der Waals surface area contributed by atoms with Crippen LogP contribution in [0.4, 0.5) is 0 Å². The number of hydrogen-bond acceptors (Lipinski definition) is 4. The van der Waals surface area contributed by atoms with Gasteiger partial charge in [-0.2, -0.15) is 0 Å². The van der Waals surface area contributed by atoms with Crippen molar-refractivity contribution >= 4 is 35.2 Å². The lowest BCUT2D eigenvalue weighted by molar-refractivity contribution is -0.118. The zero-order valence-electron chi connectivity index (χ0n) is 16.8. The summed E-state index contributed by atoms with van der Waals surface area (Å²) in [6, 6.07) is 18.6. The summed E-state index contributed by atoms with van der Waals surface area (Å²) in [5, 5.41) is 6.69. The van der Waals surface area contributed by atoms with Crippen LogP contribution in [-0.4, -0.2) is 17.6 Å². The number of thioether (sulfide) groups is 1. The van der Waals surface area contributed by atoms with E-state index in [9.17, 15) is 9.59 Å². The lowest BCUT2D eigenvalue weighted by Gasteiger charge is -2.20. The number of halogens is 1. The number of nitrogens with one attached hydrogen (secondary N) is 2. The Kier molecular flexibility index (Phi) is 6.99. The number of rotatable bonds is 9. The van der Waals surface area contributed by atoms with E-state index in [1.807, 2.05) is 48.5 Å². The van der Waals surface area contributed by atoms with Crippen LogP contribution in [0.25, 0.3) is 0 Å². The van der Waals surface area contributed by atoms with E-state index in [1.54, 1.807) is 18.4 Å². The van der Waals surface area contributed by atoms with Crippen LogP contribution in [0.5, 0.6) is 0 Å². The molecule has 1 fully saturated rings. The topological polar surface area (TPSA) is 71.3 Å². The Morgan fingerprint density at radius 1 is 1.06 bits per heavy atom. The summed E-state index contributed by atoms with van der Waals surface area (Å²) >= 11 is 7.37. The van der Waals surface area contributed by atoms with E-state index in [0.717, 1.165) is 23.3 Å². The molecule has 1 saturated carbocycles. The van der Waals surface area contributed by atoms with Gasteiger partial charge in [0.1, 0.15) is 5.76 Å². The van der Waals surface area contributed by atoms with Gasteiger partial charge in [-0.15, -0.1) is 11.8 Å². The fraction of sp³-hybridized carbons (Fsp3) is 0.250. The number of furan rings is 1. The third-order valence-electron chi connectivity index (χ3n) is 5.14. The Bertz CT molecular complexity index is 1030. The number of amides is 2. The predicted molar refractivity (Wildman–Crippen MR) is 122 cm³/mol. The molecular weight excluding hydrogens is 432 g/mol. The molecule has 31 heavy (non-hydrogen) atoms. The summed E-state index contributed by atoms with van der Waals surface area (Å²) in [7, 11) is 0. The highest BCUT2D eigenvalue weighted by atomic mass is 35.5. The fourth-order valence-electron chi connectivity index (χ4n) is 3.37. The van der Waals surface area contributed by atoms with E-state index in [4.69, 9.17) is 16.0 Å². The monoisotopic (exact) mass is 454 g/mol. The maximum absolute atomic E-state index is 13.1. The van der Waals surface area contributed by atoms with E-state index >= 15 is 0 Å². The van der Waals surface area contributed by atoms with Crippen LogP contribution in [0.15, 0.2) is 76.2 Å². The van der Waals surface area contributed by atoms with Gasteiger partial charge in [-0.25, -0.2) is 0 Å². The third-order valence-corrected chi connectivity index (χ3v) is 6.46. The molecule has 2 aromatic carbocycles. The molecule has 7 heteroatoms. The molecule has 0 spiro atoms. The molecule has 1 aliphatic rings. The van der Waals surface area contributed by atoms with Crippen molar-refractivity contribution in [2.24, 2.45) is 5.92 Å². The predicted octanol–water partition coefficient (Wildman–Crippen LogP) is 5.22. The van der Waals surface area contributed by atoms with Gasteiger partial charge in [0.25, 0.3) is 5.91 Å². The average molecular weight is 455 g/mol. The van der Waals surface area contributed by atoms with Crippen LogP contribution in [0.3, 0.4) is 0 Å². The molecule has 1 aliphatic carbocycles. The lowest BCUT2D eigenvalue weighted by Crippen LogP contribution is -2.30. The van der Waals surface area contributed by atoms with Crippen molar-refractivity contribution in [1.82, 2.24) is 10.6 Å². The molecule has 0 radical (unpaired) electrons. The van der Waals surface area contributed by atoms with E-state index in [-0.39, 0.29) is 23.6 Å². The second kappa shape index (κ2) is 10.1. The van der Waals surface area contributed by atoms with Crippen LogP contribution in [-0.2, 0) is 11.3 Å². The van der Waals surface area contributed by atoms with E-state index in [0.29, 0.717) is 28.8 Å². The highest BCUT2D eigenvalue weighted by Gasteiger charge is 2.33. The molecule has 4 rings (SSSR count). The second-order valence-electron chi connectivity index (χ2n) is 7.48. The Morgan fingerprint density at radius 3 is 2.55 bits per heavy atom. The lowest BCUT2D eigenvalue weighted by atomic mass is 10.0. The standard InChI is InChI=1S/C24H23ClN2O3S/c25-18-11-9-17(10-12-18)23(16-7-8-16)27-24(29)20-5-1-2-6-21(20)31-15-22(28)26-14-19-4-3-13-30-19/h1-6,9-13,16,23H,7-8,14-15H2,(H,26,28)(H,27,29)/t23-/m0/s1. The Morgan fingerprint density at radius 2 is 1.84 bits per heavy atom. The summed E-state index contributed by atoms with van der Waals surface area (Å²) in [6.45, 7) is 0.346. The molecule has 0 aliphatic heterocycles. The highest BCUT2D eigenvalue weighted by Crippen LogP contribution is 2.41. The maximum Gasteiger partial charge on any atom is 0.252 e. The Hall–Kier alpha value is -2.70. The first-order valence-corrected chi connectivity index (χ1v) is 11.5. The summed E-state index contributed by atoms with van der Waals surface area (Å²) in [6.07, 6.45) is 3.77. The number of benzene rings is 2. The first-order chi connectivity index (χ1) is 15.1. The van der Waals surface area contributed by atoms with Crippen molar-refractivity contribution in [2.45, 2.75) is 30.3 Å². The first-order valence-electron chi connectivity index (χ1n) is 10.2. The van der Waals surface area contributed by atoms with Crippen molar-refractivity contribution in [3.8, 4) is 0 Å². The zero-order valence-corrected chi connectivity index (χ0v) is 18.4. The normalized spacial score (nSPS) is 14.1. The molecule has 5 nitrogen and oxygen atoms in total. The molecule has 3 aromatic rings. The van der Waals surface area contributed by atoms with Crippen LogP contribution < -0.4 is 10.6 Å². The molecule has 0 saturated heterocycles. The third kappa shape index (κ3) is 5.93. The van der Waals surface area contributed by atoms with Crippen molar-refractivity contribution in [2.75, 3.05) is 5.75 Å². The van der Waals surface area contributed by atoms with Gasteiger partial charge in [0.05, 0.1) is 30.2 Å². The van der Waals surface area contributed by atoms with Gasteiger partial charge in [-0.1, -0.05) is 35.9 Å². The van der Waals surface area contributed by atoms with Crippen molar-refractivity contribution in [3.05, 3.63) is 88.8 Å². The second-order valence-corrected chi connectivity index (χ2v) is 8.93. The van der Waals surface area contributed by atoms with Crippen molar-refractivity contribution in [1.29, 1.82) is 0 Å². The molecule has 1 heterocycles. The fourth-order valence-corrected chi connectivity index (χ4v) is 4.37. The van der Waals surface area contributed by atoms with Gasteiger partial charge >= 0.3 is 0 Å². The summed E-state index contributed by atoms with van der Waals surface area (Å²) in [4.78, 5) is 26.1. The summed E-state index contributed by atoms with van der Waals surface area (Å²) in [5.74, 6) is 1.11. The Balaban J connectivity index is 1.39. The molecule has 2 N–H and O–H groups in total. The average Bonchev–Trinajstić information content (AvgIpc) is 3.49. The molecular formula is C24H23ClN2O3S. The van der Waals surface area contributed by atoms with E-state index in [1.165, 1.54) is 11.8 Å². The summed E-state index contributed by atoms with van der Waals surface area (Å²) in [5.41, 5.74) is 1.63. The van der Waals surface area contributed by atoms with Crippen molar-refractivity contribution < 1.29 is 14.0 Å². The van der Waals surface area contributed by atoms with E-state index < -0.39 is 0 Å². The number of carbonyl (C=O) groups is 2. The SMILES string of the molecule is O=C(CSc1ccccc1C(=O)N[C@H](c1ccc(Cl)cc1)C1CC1)NCc1ccco1. The van der Waals surface area contributed by atoms with Crippen LogP contribution >= 0.6 is 23.4 Å². The highest BCUT2D eigenvalue weighted by molar-refractivity contribution is 8.00. The van der Waals surface area contributed by atoms with Crippen LogP contribution in [0, 0.1) is 5.92 Å². The quantitative estimate of drug-likeness (QED) is 0.435. The zero-order chi connectivity index (χ0) is 21.6. The number of carbonyl (C=O) groups excluding carboxylic acids is 2. The van der Waals surface area contributed by atoms with Gasteiger partial charge in [0.2, 0.25) is 5.91 Å². The molecule has 160 valence electrons. The first kappa shape index (κ1) is 21.5. The minimum Gasteiger partial charge on any atom is -0.467 e. The Labute approximate surface area is 190 Å². The minimum atomic E-state index is -0.133. The molecule has 0 bridgehead atoms. The van der Waals surface area contributed by atoms with Crippen molar-refractivity contribution in [3.63, 3.8) is 0 Å². The van der Waals surface area contributed by atoms with Gasteiger partial charge in [-0.3, -0.25) is 9.59 Å². The summed E-state index contributed by atoms with van der Waals surface area (Å²) < 4.78 is 5.22. The molecule has 1 atom stereocenters. The smallest absolute Gasteiger partial charge is 0.252 e. The van der Waals surface area contributed by atoms with Gasteiger partial charge in [-0.05, 0) is 60.7 Å². The molecule has 1 aromatic heterocycles. The van der Waals surface area contributed by atoms with E-state index in [2.05, 4.69) is 10.6 Å². The molecule has 0 unspecified atom stereocenters. The van der Waals surface area contributed by atoms with Crippen LogP contribution in [0.2, 0.25) is 5.02 Å². The minimum absolute atomic E-state index is 0.0422. The maximum atomic E-state index is 13.1. The largest absolute Gasteiger partial charge is 0.467 e. The van der Waals surface area contributed by atoms with Gasteiger partial charge in [0, 0.05) is 9.92 Å². The van der Waals surface area contributed by atoms with Gasteiger partial charge < -0.3 is 15.1 Å².